The van der Waals surface area contributed by atoms with Gasteiger partial charge in [-0.3, -0.25) is 14.8 Å². The smallest absolute Gasteiger partial charge is 0.323 e. The Kier molecular flexibility index (Phi) is 9.28. The average Bonchev–Trinajstić information content (AvgIpc) is 3.01. The van der Waals surface area contributed by atoms with Crippen molar-refractivity contribution in [2.45, 2.75) is 45.4 Å². The van der Waals surface area contributed by atoms with Gasteiger partial charge in [0.2, 0.25) is 5.91 Å². The van der Waals surface area contributed by atoms with E-state index >= 15 is 0 Å². The van der Waals surface area contributed by atoms with Crippen molar-refractivity contribution >= 4 is 34.1 Å². The fraction of sp³-hybridized carbons (Fsp3) is 0.222. The number of ether oxygens (including phenoxy) is 2. The second kappa shape index (κ2) is 13.5. The third-order valence-corrected chi connectivity index (χ3v) is 7.36. The van der Waals surface area contributed by atoms with E-state index in [-0.39, 0.29) is 11.8 Å². The van der Waals surface area contributed by atoms with Crippen LogP contribution in [0.15, 0.2) is 91.3 Å². The second-order valence-corrected chi connectivity index (χ2v) is 11.8. The van der Waals surface area contributed by atoms with Crippen molar-refractivity contribution < 1.29 is 19.1 Å². The normalized spacial score (nSPS) is 11.2. The van der Waals surface area contributed by atoms with Gasteiger partial charge in [-0.05, 0) is 60.2 Å². The van der Waals surface area contributed by atoms with Gasteiger partial charge in [-0.15, -0.1) is 0 Å². The molecule has 0 aliphatic carbocycles. The summed E-state index contributed by atoms with van der Waals surface area (Å²) in [7, 11) is 1.50. The number of amides is 3. The lowest BCUT2D eigenvalue weighted by Gasteiger charge is -2.23. The lowest BCUT2D eigenvalue weighted by atomic mass is 9.85. The van der Waals surface area contributed by atoms with Gasteiger partial charge in [-0.2, -0.15) is 0 Å². The van der Waals surface area contributed by atoms with Crippen molar-refractivity contribution in [2.24, 2.45) is 5.73 Å². The fourth-order valence-electron chi connectivity index (χ4n) is 5.11. The maximum atomic E-state index is 13.4. The maximum Gasteiger partial charge on any atom is 0.323 e. The molecule has 0 fully saturated rings. The number of nitrogens with zero attached hydrogens (tertiary/aromatic N) is 2. The topological polar surface area (TPSA) is 128 Å². The van der Waals surface area contributed by atoms with Gasteiger partial charge in [0.05, 0.1) is 24.9 Å². The molecule has 3 amide bonds. The van der Waals surface area contributed by atoms with Crippen LogP contribution in [0.4, 0.5) is 16.2 Å². The second-order valence-electron chi connectivity index (χ2n) is 11.8. The first-order valence-electron chi connectivity index (χ1n) is 14.7. The molecule has 0 spiro atoms. The number of fused-ring (bicyclic) bond motifs is 1. The Balaban J connectivity index is 1.36. The van der Waals surface area contributed by atoms with Crippen molar-refractivity contribution in [1.82, 2.24) is 9.97 Å². The van der Waals surface area contributed by atoms with E-state index in [1.807, 2.05) is 78.9 Å². The minimum absolute atomic E-state index is 0.0152. The van der Waals surface area contributed by atoms with Crippen LogP contribution in [0.25, 0.3) is 10.8 Å². The molecule has 0 saturated carbocycles. The number of pyridine rings is 2. The van der Waals surface area contributed by atoms with Crippen LogP contribution in [-0.4, -0.2) is 29.0 Å². The molecule has 0 aliphatic heterocycles. The maximum absolute atomic E-state index is 13.4. The molecule has 5 rings (SSSR count). The van der Waals surface area contributed by atoms with E-state index in [9.17, 15) is 9.59 Å². The zero-order valence-corrected chi connectivity index (χ0v) is 25.9. The summed E-state index contributed by atoms with van der Waals surface area (Å²) in [5.41, 5.74) is 9.76. The van der Waals surface area contributed by atoms with E-state index in [0.717, 1.165) is 40.6 Å². The summed E-state index contributed by atoms with van der Waals surface area (Å²) >= 11 is 0. The van der Waals surface area contributed by atoms with Crippen LogP contribution in [0, 0.1) is 0 Å². The molecule has 0 unspecified atom stereocenters. The summed E-state index contributed by atoms with van der Waals surface area (Å²) in [4.78, 5) is 34.0. The average molecular weight is 604 g/mol. The standard InChI is InChI=1S/C36H37N5O4/c1-36(2,3)24-19-23(20-33(37)42)34(44-4)31(21-24)41-35(43)40-30-14-15-32(29-11-6-5-10-28(29)30)45-27-16-18-39-26(22-27)13-12-25-9-7-8-17-38-25/h5-11,14-19,21-22H,12-13,20H2,1-4H3,(H2,37,42)(H2,40,41,43). The van der Waals surface area contributed by atoms with Crippen LogP contribution in [0.2, 0.25) is 0 Å². The highest BCUT2D eigenvalue weighted by molar-refractivity contribution is 6.08. The molecule has 45 heavy (non-hydrogen) atoms. The van der Waals surface area contributed by atoms with Crippen LogP contribution >= 0.6 is 0 Å². The monoisotopic (exact) mass is 603 g/mol. The molecule has 2 aromatic heterocycles. The molecule has 3 aromatic carbocycles. The number of benzene rings is 3. The van der Waals surface area contributed by atoms with Gasteiger partial charge in [-0.1, -0.05) is 57.2 Å². The highest BCUT2D eigenvalue weighted by atomic mass is 16.5. The van der Waals surface area contributed by atoms with Gasteiger partial charge in [0.15, 0.2) is 0 Å². The van der Waals surface area contributed by atoms with Gasteiger partial charge in [0.25, 0.3) is 0 Å². The predicted molar refractivity (Wildman–Crippen MR) is 177 cm³/mol. The van der Waals surface area contributed by atoms with Crippen molar-refractivity contribution in [3.05, 3.63) is 114 Å². The number of anilines is 2. The lowest BCUT2D eigenvalue weighted by Crippen LogP contribution is -2.22. The summed E-state index contributed by atoms with van der Waals surface area (Å²) in [6.45, 7) is 6.16. The Bertz CT molecular complexity index is 1830. The number of carbonyl (C=O) groups is 2. The molecule has 230 valence electrons. The Morgan fingerprint density at radius 3 is 2.22 bits per heavy atom. The summed E-state index contributed by atoms with van der Waals surface area (Å²) in [6, 6.07) is 24.3. The molecule has 4 N–H and O–H groups in total. The zero-order valence-electron chi connectivity index (χ0n) is 25.9. The van der Waals surface area contributed by atoms with Gasteiger partial charge >= 0.3 is 6.03 Å². The number of urea groups is 1. The highest BCUT2D eigenvalue weighted by Gasteiger charge is 2.22. The number of methoxy groups -OCH3 is 1. The first kappa shape index (κ1) is 31.0. The number of primary amides is 1. The SMILES string of the molecule is COc1c(CC(N)=O)cc(C(C)(C)C)cc1NC(=O)Nc1ccc(Oc2ccnc(CCc3ccccn3)c2)c2ccccc12. The third kappa shape index (κ3) is 7.75. The summed E-state index contributed by atoms with van der Waals surface area (Å²) in [5, 5.41) is 7.52. The predicted octanol–water partition coefficient (Wildman–Crippen LogP) is 7.19. The van der Waals surface area contributed by atoms with E-state index in [1.54, 1.807) is 12.4 Å². The molecule has 0 bridgehead atoms. The van der Waals surface area contributed by atoms with E-state index in [0.29, 0.717) is 34.2 Å². The van der Waals surface area contributed by atoms with Crippen LogP contribution < -0.4 is 25.8 Å². The molecule has 9 heteroatoms. The largest absolute Gasteiger partial charge is 0.494 e. The molecule has 0 radical (unpaired) electrons. The first-order chi connectivity index (χ1) is 21.6. The van der Waals surface area contributed by atoms with E-state index in [2.05, 4.69) is 41.4 Å². The summed E-state index contributed by atoms with van der Waals surface area (Å²) < 4.78 is 11.9. The van der Waals surface area contributed by atoms with E-state index in [4.69, 9.17) is 15.2 Å². The van der Waals surface area contributed by atoms with Crippen LogP contribution in [0.3, 0.4) is 0 Å². The van der Waals surface area contributed by atoms with Crippen LogP contribution in [0.5, 0.6) is 17.2 Å². The molecule has 0 aliphatic rings. The number of nitrogens with two attached hydrogens (primary N) is 1. The van der Waals surface area contributed by atoms with Crippen LogP contribution in [-0.2, 0) is 29.5 Å². The quantitative estimate of drug-likeness (QED) is 0.155. The number of aryl methyl sites for hydroxylation is 2. The lowest BCUT2D eigenvalue weighted by molar-refractivity contribution is -0.117. The minimum Gasteiger partial charge on any atom is -0.494 e. The third-order valence-electron chi connectivity index (χ3n) is 7.36. The Labute approximate surface area is 262 Å². The van der Waals surface area contributed by atoms with Gasteiger partial charge in [0, 0.05) is 46.2 Å². The minimum atomic E-state index is -0.490. The summed E-state index contributed by atoms with van der Waals surface area (Å²) in [5.74, 6) is 1.22. The molecule has 9 nitrogen and oxygen atoms in total. The molecule has 0 saturated heterocycles. The van der Waals surface area contributed by atoms with Crippen LogP contribution in [0.1, 0.15) is 43.3 Å². The van der Waals surface area contributed by atoms with Crippen molar-refractivity contribution in [1.29, 1.82) is 0 Å². The van der Waals surface area contributed by atoms with E-state index < -0.39 is 11.9 Å². The number of carbonyl (C=O) groups excluding carboxylic acids is 2. The zero-order chi connectivity index (χ0) is 32.0. The molecule has 5 aromatic rings. The van der Waals surface area contributed by atoms with Gasteiger partial charge in [0.1, 0.15) is 17.2 Å². The number of hydrogen-bond donors (Lipinski definition) is 3. The van der Waals surface area contributed by atoms with Crippen molar-refractivity contribution in [3.8, 4) is 17.2 Å². The molecule has 2 heterocycles. The Morgan fingerprint density at radius 1 is 0.800 bits per heavy atom. The van der Waals surface area contributed by atoms with Crippen molar-refractivity contribution in [3.63, 3.8) is 0 Å². The van der Waals surface area contributed by atoms with Gasteiger partial charge < -0.3 is 25.8 Å². The highest BCUT2D eigenvalue weighted by Crippen LogP contribution is 2.37. The Morgan fingerprint density at radius 2 is 1.51 bits per heavy atom. The first-order valence-corrected chi connectivity index (χ1v) is 14.7. The van der Waals surface area contributed by atoms with E-state index in [1.165, 1.54) is 7.11 Å². The molecular weight excluding hydrogens is 566 g/mol. The molecular formula is C36H37N5O4. The van der Waals surface area contributed by atoms with Gasteiger partial charge in [-0.25, -0.2) is 4.79 Å². The molecule has 0 atom stereocenters. The number of aromatic nitrogens is 2. The number of nitrogens with one attached hydrogen (secondary N) is 2. The Hall–Kier alpha value is -5.44. The number of rotatable bonds is 10. The fourth-order valence-corrected chi connectivity index (χ4v) is 5.11. The summed E-state index contributed by atoms with van der Waals surface area (Å²) in [6.07, 6.45) is 5.03. The van der Waals surface area contributed by atoms with Crippen molar-refractivity contribution in [2.75, 3.05) is 17.7 Å². The number of hydrogen-bond acceptors (Lipinski definition) is 6.